The normalized spacial score (nSPS) is 17.0. The molecule has 2 aliphatic rings. The van der Waals surface area contributed by atoms with Crippen LogP contribution in [0.5, 0.6) is 5.88 Å². The Kier molecular flexibility index (Phi) is 8.20. The molecule has 2 saturated heterocycles. The van der Waals surface area contributed by atoms with Crippen LogP contribution in [0.3, 0.4) is 0 Å². The predicted octanol–water partition coefficient (Wildman–Crippen LogP) is 4.58. The first-order chi connectivity index (χ1) is 20.0. The summed E-state index contributed by atoms with van der Waals surface area (Å²) in [5.74, 6) is 1.22. The number of carbonyl (C=O) groups excluding carboxylic acids is 1. The number of hydrogen-bond acceptors (Lipinski definition) is 7. The van der Waals surface area contributed by atoms with Gasteiger partial charge in [0.05, 0.1) is 34.7 Å². The van der Waals surface area contributed by atoms with Crippen LogP contribution in [0.2, 0.25) is 10.0 Å². The summed E-state index contributed by atoms with van der Waals surface area (Å²) in [5.41, 5.74) is 5.48. The fourth-order valence-corrected chi connectivity index (χ4v) is 5.91. The Bertz CT molecular complexity index is 1570. The molecule has 0 bridgehead atoms. The van der Waals surface area contributed by atoms with Gasteiger partial charge in [-0.1, -0.05) is 47.5 Å². The molecule has 2 fully saturated rings. The summed E-state index contributed by atoms with van der Waals surface area (Å²) >= 11 is 13.9. The quantitative estimate of drug-likeness (QED) is 0.248. The highest BCUT2D eigenvalue weighted by Gasteiger charge is 2.22. The Morgan fingerprint density at radius 2 is 1.93 bits per heavy atom. The maximum Gasteiger partial charge on any atom is 0.220 e. The molecule has 0 unspecified atom stereocenters. The van der Waals surface area contributed by atoms with E-state index < -0.39 is 0 Å². The zero-order chi connectivity index (χ0) is 28.3. The number of carbonyl (C=O) groups is 1. The van der Waals surface area contributed by atoms with Gasteiger partial charge in [-0.25, -0.2) is 4.98 Å². The molecule has 1 amide bonds. The highest BCUT2D eigenvalue weighted by atomic mass is 35.5. The van der Waals surface area contributed by atoms with Gasteiger partial charge in [0.1, 0.15) is 0 Å². The number of nitrogens with one attached hydrogen (secondary N) is 3. The van der Waals surface area contributed by atoms with Crippen LogP contribution < -0.4 is 20.7 Å². The van der Waals surface area contributed by atoms with Crippen LogP contribution in [-0.4, -0.2) is 58.4 Å². The molecule has 6 rings (SSSR count). The number of ether oxygens (including phenoxy) is 1. The van der Waals surface area contributed by atoms with E-state index in [0.717, 1.165) is 53.9 Å². The number of hydrogen-bond donors (Lipinski definition) is 3. The summed E-state index contributed by atoms with van der Waals surface area (Å²) in [5, 5.41) is 15.2. The first-order valence-corrected chi connectivity index (χ1v) is 14.5. The fourth-order valence-electron chi connectivity index (χ4n) is 5.26. The van der Waals surface area contributed by atoms with Gasteiger partial charge in [0.2, 0.25) is 11.8 Å². The van der Waals surface area contributed by atoms with Crippen LogP contribution in [0.1, 0.15) is 18.4 Å². The van der Waals surface area contributed by atoms with E-state index in [2.05, 4.69) is 26.0 Å². The van der Waals surface area contributed by atoms with Crippen molar-refractivity contribution in [2.75, 3.05) is 26.7 Å². The predicted molar refractivity (Wildman–Crippen MR) is 160 cm³/mol. The first kappa shape index (κ1) is 27.7. The summed E-state index contributed by atoms with van der Waals surface area (Å²) in [6.45, 7) is 4.15. The molecule has 1 aromatic carbocycles. The second kappa shape index (κ2) is 12.2. The molecular formula is C30H31Cl2N7O2. The molecule has 41 heavy (non-hydrogen) atoms. The largest absolute Gasteiger partial charge is 0.481 e. The van der Waals surface area contributed by atoms with Crippen LogP contribution in [0.15, 0.2) is 55.0 Å². The minimum Gasteiger partial charge on any atom is -0.481 e. The summed E-state index contributed by atoms with van der Waals surface area (Å²) in [7, 11) is 1.61. The summed E-state index contributed by atoms with van der Waals surface area (Å²) in [4.78, 5) is 20.8. The van der Waals surface area contributed by atoms with E-state index in [1.165, 1.54) is 0 Å². The maximum atomic E-state index is 11.5. The number of benzene rings is 1. The number of rotatable bonds is 10. The average molecular weight is 593 g/mol. The standard InChI is InChI=1S/C30H31Cl2N7O2/c1-41-30-19(13-34-15-21-6-8-26(40)37-21)5-7-25(38-30)24-4-2-3-22(27(24)31)23-9-10-35-29(28(23)32)20-14-36-39(17-20)16-18-11-33-12-18/h2-5,7,9-10,14,17-18,21,33-34H,6,8,11-13,15-16H2,1H3,(H,37,40)/t21-/m0/s1. The summed E-state index contributed by atoms with van der Waals surface area (Å²) in [6, 6.07) is 11.8. The van der Waals surface area contributed by atoms with E-state index in [4.69, 9.17) is 32.9 Å². The van der Waals surface area contributed by atoms with Gasteiger partial charge in [-0.3, -0.25) is 14.5 Å². The van der Waals surface area contributed by atoms with Gasteiger partial charge in [-0.2, -0.15) is 5.10 Å². The SMILES string of the molecule is COc1nc(-c2cccc(-c3ccnc(-c4cnn(CC5CNC5)c4)c3Cl)c2Cl)ccc1CNC[C@@H]1CCC(=O)N1. The number of nitrogens with zero attached hydrogens (tertiary/aromatic N) is 4. The van der Waals surface area contributed by atoms with Crippen molar-refractivity contribution in [3.8, 4) is 39.5 Å². The lowest BCUT2D eigenvalue weighted by Crippen LogP contribution is -2.44. The van der Waals surface area contributed by atoms with E-state index in [-0.39, 0.29) is 11.9 Å². The fraction of sp³-hybridized carbons (Fsp3) is 0.333. The molecule has 0 saturated carbocycles. The Labute approximate surface area is 248 Å². The van der Waals surface area contributed by atoms with Crippen molar-refractivity contribution in [3.05, 3.63) is 70.6 Å². The van der Waals surface area contributed by atoms with E-state index >= 15 is 0 Å². The van der Waals surface area contributed by atoms with Crippen LogP contribution in [0.4, 0.5) is 0 Å². The zero-order valence-electron chi connectivity index (χ0n) is 22.7. The third kappa shape index (κ3) is 5.94. The number of pyridine rings is 2. The lowest BCUT2D eigenvalue weighted by molar-refractivity contribution is -0.119. The summed E-state index contributed by atoms with van der Waals surface area (Å²) < 4.78 is 7.57. The van der Waals surface area contributed by atoms with Crippen molar-refractivity contribution >= 4 is 29.1 Å². The number of amides is 1. The van der Waals surface area contributed by atoms with Crippen LogP contribution >= 0.6 is 23.2 Å². The summed E-state index contributed by atoms with van der Waals surface area (Å²) in [6.07, 6.45) is 6.97. The second-order valence-electron chi connectivity index (χ2n) is 10.5. The van der Waals surface area contributed by atoms with Gasteiger partial charge < -0.3 is 20.7 Å². The van der Waals surface area contributed by atoms with Gasteiger partial charge >= 0.3 is 0 Å². The lowest BCUT2D eigenvalue weighted by atomic mass is 10.00. The molecule has 9 nitrogen and oxygen atoms in total. The molecule has 3 aromatic heterocycles. The van der Waals surface area contributed by atoms with Crippen LogP contribution in [-0.2, 0) is 17.9 Å². The van der Waals surface area contributed by atoms with Crippen molar-refractivity contribution in [2.45, 2.75) is 32.0 Å². The van der Waals surface area contributed by atoms with Gasteiger partial charge in [0, 0.05) is 91.3 Å². The highest BCUT2D eigenvalue weighted by Crippen LogP contribution is 2.41. The molecule has 2 aliphatic heterocycles. The Hall–Kier alpha value is -3.50. The Morgan fingerprint density at radius 1 is 1.10 bits per heavy atom. The topological polar surface area (TPSA) is 106 Å². The van der Waals surface area contributed by atoms with Gasteiger partial charge in [-0.05, 0) is 18.6 Å². The van der Waals surface area contributed by atoms with Crippen molar-refractivity contribution in [1.82, 2.24) is 35.7 Å². The molecule has 0 aliphatic carbocycles. The Morgan fingerprint density at radius 3 is 2.68 bits per heavy atom. The van der Waals surface area contributed by atoms with E-state index in [1.54, 1.807) is 19.5 Å². The van der Waals surface area contributed by atoms with Crippen molar-refractivity contribution in [2.24, 2.45) is 5.92 Å². The van der Waals surface area contributed by atoms with Crippen LogP contribution in [0, 0.1) is 5.92 Å². The number of methoxy groups -OCH3 is 1. The van der Waals surface area contributed by atoms with Gasteiger partial charge in [0.25, 0.3) is 0 Å². The molecule has 0 spiro atoms. The van der Waals surface area contributed by atoms with E-state index in [9.17, 15) is 4.79 Å². The molecule has 1 atom stereocenters. The number of halogens is 2. The molecule has 212 valence electrons. The molecule has 5 heterocycles. The molecule has 3 N–H and O–H groups in total. The highest BCUT2D eigenvalue weighted by molar-refractivity contribution is 6.39. The van der Waals surface area contributed by atoms with Crippen LogP contribution in [0.25, 0.3) is 33.6 Å². The average Bonchev–Trinajstić information content (AvgIpc) is 3.60. The molecule has 11 heteroatoms. The monoisotopic (exact) mass is 591 g/mol. The van der Waals surface area contributed by atoms with Crippen molar-refractivity contribution < 1.29 is 9.53 Å². The van der Waals surface area contributed by atoms with Gasteiger partial charge in [-0.15, -0.1) is 0 Å². The first-order valence-electron chi connectivity index (χ1n) is 13.7. The minimum absolute atomic E-state index is 0.108. The van der Waals surface area contributed by atoms with E-state index in [1.807, 2.05) is 47.3 Å². The zero-order valence-corrected chi connectivity index (χ0v) is 24.2. The third-order valence-electron chi connectivity index (χ3n) is 7.60. The molecule has 4 aromatic rings. The van der Waals surface area contributed by atoms with E-state index in [0.29, 0.717) is 52.7 Å². The molecular weight excluding hydrogens is 561 g/mol. The number of aromatic nitrogens is 4. The Balaban J connectivity index is 1.23. The lowest BCUT2D eigenvalue weighted by Gasteiger charge is -2.26. The van der Waals surface area contributed by atoms with Crippen molar-refractivity contribution in [3.63, 3.8) is 0 Å². The molecule has 0 radical (unpaired) electrons. The maximum absolute atomic E-state index is 11.5. The minimum atomic E-state index is 0.108. The van der Waals surface area contributed by atoms with Crippen molar-refractivity contribution in [1.29, 1.82) is 0 Å². The smallest absolute Gasteiger partial charge is 0.220 e. The van der Waals surface area contributed by atoms with Gasteiger partial charge in [0.15, 0.2) is 0 Å². The second-order valence-corrected chi connectivity index (χ2v) is 11.2. The third-order valence-corrected chi connectivity index (χ3v) is 8.39.